The number of benzene rings is 2. The lowest BCUT2D eigenvalue weighted by atomic mass is 9.94. The molecule has 1 aliphatic carbocycles. The first-order chi connectivity index (χ1) is 15.4. The number of nitrogens with zero attached hydrogens (tertiary/aromatic N) is 1. The summed E-state index contributed by atoms with van der Waals surface area (Å²) in [6.07, 6.45) is 2.61. The van der Waals surface area contributed by atoms with Crippen molar-refractivity contribution in [1.82, 2.24) is 4.98 Å². The Balaban J connectivity index is 1.74. The van der Waals surface area contributed by atoms with E-state index in [4.69, 9.17) is 0 Å². The third-order valence-corrected chi connectivity index (χ3v) is 5.08. The molecular weight excluding hydrogens is 406 g/mol. The Labute approximate surface area is 184 Å². The van der Waals surface area contributed by atoms with Gasteiger partial charge in [-0.1, -0.05) is 24.3 Å². The first kappa shape index (κ1) is 20.9. The molecule has 0 spiro atoms. The van der Waals surface area contributed by atoms with E-state index in [2.05, 4.69) is 15.6 Å². The van der Waals surface area contributed by atoms with E-state index in [-0.39, 0.29) is 28.5 Å². The van der Waals surface area contributed by atoms with E-state index in [1.165, 1.54) is 26.1 Å². The second-order valence-electron chi connectivity index (χ2n) is 7.29. The SMILES string of the molecule is CC(=O)c1ccccc1NC1=CC(=O)c2nccc(Nc3ccccc3C(C)=O)c2C1=O. The molecule has 0 saturated carbocycles. The van der Waals surface area contributed by atoms with Gasteiger partial charge < -0.3 is 10.6 Å². The van der Waals surface area contributed by atoms with Gasteiger partial charge in [-0.3, -0.25) is 24.2 Å². The minimum absolute atomic E-state index is 0.0192. The average molecular weight is 425 g/mol. The number of anilines is 3. The van der Waals surface area contributed by atoms with Gasteiger partial charge in [0.25, 0.3) is 0 Å². The standard InChI is InChI=1S/C25H19N3O4/c1-14(29)16-7-3-5-9-18(16)27-20-11-12-26-24-22(31)13-21(25(32)23(20)24)28-19-10-6-4-8-17(19)15(2)30/h3-13,28H,1-2H3,(H,26,27). The largest absolute Gasteiger partial charge is 0.354 e. The number of hydrogen-bond acceptors (Lipinski definition) is 7. The molecule has 0 fully saturated rings. The fraction of sp³-hybridized carbons (Fsp3) is 0.0800. The van der Waals surface area contributed by atoms with Gasteiger partial charge in [-0.2, -0.15) is 0 Å². The Hall–Kier alpha value is -4.39. The molecule has 0 unspecified atom stereocenters. The van der Waals surface area contributed by atoms with E-state index >= 15 is 0 Å². The summed E-state index contributed by atoms with van der Waals surface area (Å²) < 4.78 is 0. The summed E-state index contributed by atoms with van der Waals surface area (Å²) in [5, 5.41) is 6.04. The van der Waals surface area contributed by atoms with Crippen LogP contribution in [0.3, 0.4) is 0 Å². The number of Topliss-reactive ketones (excluding diaryl/α,β-unsaturated/α-hetero) is 3. The van der Waals surface area contributed by atoms with Gasteiger partial charge in [0, 0.05) is 34.8 Å². The highest BCUT2D eigenvalue weighted by atomic mass is 16.1. The van der Waals surface area contributed by atoms with Crippen LogP contribution in [0.25, 0.3) is 0 Å². The highest BCUT2D eigenvalue weighted by Gasteiger charge is 2.30. The van der Waals surface area contributed by atoms with Gasteiger partial charge in [-0.25, -0.2) is 0 Å². The number of aromatic nitrogens is 1. The van der Waals surface area contributed by atoms with Crippen molar-refractivity contribution >= 4 is 40.2 Å². The molecule has 0 aliphatic heterocycles. The topological polar surface area (TPSA) is 105 Å². The van der Waals surface area contributed by atoms with Crippen LogP contribution in [0.15, 0.2) is 72.6 Å². The highest BCUT2D eigenvalue weighted by molar-refractivity contribution is 6.27. The summed E-state index contributed by atoms with van der Waals surface area (Å²) in [5.41, 5.74) is 2.31. The maximum Gasteiger partial charge on any atom is 0.213 e. The minimum Gasteiger partial charge on any atom is -0.354 e. The van der Waals surface area contributed by atoms with E-state index in [1.807, 2.05) is 0 Å². The first-order valence-corrected chi connectivity index (χ1v) is 9.90. The Morgan fingerprint density at radius 2 is 1.31 bits per heavy atom. The third-order valence-electron chi connectivity index (χ3n) is 5.08. The van der Waals surface area contributed by atoms with Crippen molar-refractivity contribution < 1.29 is 19.2 Å². The van der Waals surface area contributed by atoms with Crippen molar-refractivity contribution in [3.05, 3.63) is 95.0 Å². The first-order valence-electron chi connectivity index (χ1n) is 9.90. The van der Waals surface area contributed by atoms with Crippen molar-refractivity contribution in [2.24, 2.45) is 0 Å². The molecule has 7 nitrogen and oxygen atoms in total. The average Bonchev–Trinajstić information content (AvgIpc) is 2.77. The van der Waals surface area contributed by atoms with E-state index in [0.29, 0.717) is 28.2 Å². The van der Waals surface area contributed by atoms with Crippen molar-refractivity contribution in [1.29, 1.82) is 0 Å². The molecule has 2 N–H and O–H groups in total. The second kappa shape index (κ2) is 8.39. The maximum atomic E-state index is 13.4. The predicted octanol–water partition coefficient (Wildman–Crippen LogP) is 4.61. The molecule has 32 heavy (non-hydrogen) atoms. The normalized spacial score (nSPS) is 12.6. The minimum atomic E-state index is -0.450. The van der Waals surface area contributed by atoms with Gasteiger partial charge in [0.15, 0.2) is 11.6 Å². The number of fused-ring (bicyclic) bond motifs is 1. The number of ketones is 4. The zero-order valence-corrected chi connectivity index (χ0v) is 17.4. The molecule has 3 aromatic rings. The lowest BCUT2D eigenvalue weighted by Crippen LogP contribution is -2.24. The van der Waals surface area contributed by atoms with E-state index < -0.39 is 11.6 Å². The molecular formula is C25H19N3O4. The summed E-state index contributed by atoms with van der Waals surface area (Å²) in [6.45, 7) is 2.88. The third kappa shape index (κ3) is 3.83. The number of nitrogens with one attached hydrogen (secondary N) is 2. The van der Waals surface area contributed by atoms with Gasteiger partial charge in [0.05, 0.1) is 16.9 Å². The Morgan fingerprint density at radius 1 is 0.750 bits per heavy atom. The van der Waals surface area contributed by atoms with Crippen LogP contribution in [0, 0.1) is 0 Å². The second-order valence-corrected chi connectivity index (χ2v) is 7.29. The van der Waals surface area contributed by atoms with Gasteiger partial charge in [-0.15, -0.1) is 0 Å². The molecule has 158 valence electrons. The summed E-state index contributed by atoms with van der Waals surface area (Å²) in [7, 11) is 0. The molecule has 0 amide bonds. The molecule has 1 heterocycles. The number of pyridine rings is 1. The number of carbonyl (C=O) groups excluding carboxylic acids is 4. The predicted molar refractivity (Wildman–Crippen MR) is 121 cm³/mol. The van der Waals surface area contributed by atoms with Crippen LogP contribution in [-0.2, 0) is 0 Å². The number of allylic oxidation sites excluding steroid dienone is 2. The highest BCUT2D eigenvalue weighted by Crippen LogP contribution is 2.31. The maximum absolute atomic E-state index is 13.4. The summed E-state index contributed by atoms with van der Waals surface area (Å²) in [6, 6.07) is 15.2. The Bertz CT molecular complexity index is 1320. The fourth-order valence-corrected chi connectivity index (χ4v) is 3.56. The van der Waals surface area contributed by atoms with E-state index in [0.717, 1.165) is 0 Å². The van der Waals surface area contributed by atoms with Gasteiger partial charge in [0.2, 0.25) is 11.6 Å². The lowest BCUT2D eigenvalue weighted by Gasteiger charge is -2.20. The van der Waals surface area contributed by atoms with Crippen molar-refractivity contribution in [3.8, 4) is 0 Å². The molecule has 0 bridgehead atoms. The molecule has 0 radical (unpaired) electrons. The summed E-state index contributed by atoms with van der Waals surface area (Å²) >= 11 is 0. The van der Waals surface area contributed by atoms with Crippen LogP contribution >= 0.6 is 0 Å². The fourth-order valence-electron chi connectivity index (χ4n) is 3.56. The van der Waals surface area contributed by atoms with Crippen molar-refractivity contribution in [2.75, 3.05) is 10.6 Å². The molecule has 0 atom stereocenters. The number of carbonyl (C=O) groups is 4. The molecule has 1 aromatic heterocycles. The van der Waals surface area contributed by atoms with Gasteiger partial charge in [0.1, 0.15) is 5.69 Å². The lowest BCUT2D eigenvalue weighted by molar-refractivity contribution is 0.0982. The van der Waals surface area contributed by atoms with Crippen LogP contribution in [0.2, 0.25) is 0 Å². The summed E-state index contributed by atoms with van der Waals surface area (Å²) in [5.74, 6) is -1.20. The zero-order chi connectivity index (χ0) is 22.8. The van der Waals surface area contributed by atoms with Crippen LogP contribution in [0.4, 0.5) is 17.1 Å². The van der Waals surface area contributed by atoms with Gasteiger partial charge >= 0.3 is 0 Å². The Morgan fingerprint density at radius 3 is 1.91 bits per heavy atom. The molecule has 4 rings (SSSR count). The van der Waals surface area contributed by atoms with E-state index in [1.54, 1.807) is 54.6 Å². The van der Waals surface area contributed by atoms with Crippen LogP contribution in [-0.4, -0.2) is 28.1 Å². The van der Waals surface area contributed by atoms with Crippen molar-refractivity contribution in [3.63, 3.8) is 0 Å². The number of hydrogen-bond donors (Lipinski definition) is 2. The number of rotatable bonds is 6. The molecule has 2 aromatic carbocycles. The Kier molecular flexibility index (Phi) is 5.47. The molecule has 0 saturated heterocycles. The zero-order valence-electron chi connectivity index (χ0n) is 17.4. The quantitative estimate of drug-likeness (QED) is 0.556. The van der Waals surface area contributed by atoms with E-state index in [9.17, 15) is 19.2 Å². The molecule has 1 aliphatic rings. The summed E-state index contributed by atoms with van der Waals surface area (Å²) in [4.78, 5) is 54.1. The monoisotopic (exact) mass is 425 g/mol. The van der Waals surface area contributed by atoms with Crippen LogP contribution in [0.1, 0.15) is 55.4 Å². The van der Waals surface area contributed by atoms with Crippen LogP contribution < -0.4 is 10.6 Å². The number of para-hydroxylation sites is 2. The molecule has 7 heteroatoms. The van der Waals surface area contributed by atoms with Crippen LogP contribution in [0.5, 0.6) is 0 Å². The smallest absolute Gasteiger partial charge is 0.213 e. The van der Waals surface area contributed by atoms with Crippen molar-refractivity contribution in [2.45, 2.75) is 13.8 Å². The van der Waals surface area contributed by atoms with Gasteiger partial charge in [-0.05, 0) is 44.2 Å².